The molecule has 1 aromatic rings. The average Bonchev–Trinajstić information content (AvgIpc) is 2.55. The van der Waals surface area contributed by atoms with Gasteiger partial charge in [-0.15, -0.1) is 12.4 Å². The summed E-state index contributed by atoms with van der Waals surface area (Å²) in [6.07, 6.45) is 2.91. The Balaban J connectivity index is 0.00000264. The number of nitrogens with one attached hydrogen (secondary N) is 1. The van der Waals surface area contributed by atoms with Gasteiger partial charge in [-0.1, -0.05) is 19.1 Å². The standard InChI is InChI=1S/C18H27FN2O.ClH/c1-13(15-8-10-20-11-9-15)12-18(22)21(3)14(2)16-4-6-17(19)7-5-16;/h4-7,13-15,20H,8-12H2,1-3H3;1H. The second-order valence-electron chi connectivity index (χ2n) is 6.50. The van der Waals surface area contributed by atoms with Crippen LogP contribution >= 0.6 is 12.4 Å². The predicted molar refractivity (Wildman–Crippen MR) is 94.2 cm³/mol. The number of benzene rings is 1. The highest BCUT2D eigenvalue weighted by Gasteiger charge is 2.25. The summed E-state index contributed by atoms with van der Waals surface area (Å²) < 4.78 is 13.0. The van der Waals surface area contributed by atoms with Crippen LogP contribution < -0.4 is 5.32 Å². The summed E-state index contributed by atoms with van der Waals surface area (Å²) in [5.74, 6) is 0.976. The molecule has 1 saturated heterocycles. The maximum atomic E-state index is 13.0. The summed E-state index contributed by atoms with van der Waals surface area (Å²) in [5.41, 5.74) is 0.965. The lowest BCUT2D eigenvalue weighted by atomic mass is 9.84. The van der Waals surface area contributed by atoms with Crippen molar-refractivity contribution in [2.75, 3.05) is 20.1 Å². The zero-order chi connectivity index (χ0) is 16.1. The first kappa shape index (κ1) is 19.9. The van der Waals surface area contributed by atoms with Gasteiger partial charge < -0.3 is 10.2 Å². The SMILES string of the molecule is CC(CC(=O)N(C)C(C)c1ccc(F)cc1)C1CCNCC1.Cl. The van der Waals surface area contributed by atoms with Crippen LogP contribution in [0.15, 0.2) is 24.3 Å². The third-order valence-corrected chi connectivity index (χ3v) is 5.01. The second-order valence-corrected chi connectivity index (χ2v) is 6.50. The van der Waals surface area contributed by atoms with Gasteiger partial charge >= 0.3 is 0 Å². The molecule has 1 aliphatic heterocycles. The summed E-state index contributed by atoms with van der Waals surface area (Å²) in [7, 11) is 1.84. The maximum Gasteiger partial charge on any atom is 0.223 e. The summed E-state index contributed by atoms with van der Waals surface area (Å²) in [5, 5.41) is 3.36. The molecule has 0 bridgehead atoms. The van der Waals surface area contributed by atoms with Crippen LogP contribution in [0.1, 0.15) is 44.7 Å². The Morgan fingerprint density at radius 3 is 2.39 bits per heavy atom. The smallest absolute Gasteiger partial charge is 0.223 e. The first-order valence-electron chi connectivity index (χ1n) is 8.21. The van der Waals surface area contributed by atoms with Crippen LogP contribution in [0.3, 0.4) is 0 Å². The van der Waals surface area contributed by atoms with Crippen LogP contribution in [0.4, 0.5) is 4.39 Å². The zero-order valence-corrected chi connectivity index (χ0v) is 15.0. The topological polar surface area (TPSA) is 32.3 Å². The number of hydrogen-bond donors (Lipinski definition) is 1. The van der Waals surface area contributed by atoms with E-state index in [4.69, 9.17) is 0 Å². The number of carbonyl (C=O) groups excluding carboxylic acids is 1. The lowest BCUT2D eigenvalue weighted by Gasteiger charge is -2.31. The minimum Gasteiger partial charge on any atom is -0.339 e. The summed E-state index contributed by atoms with van der Waals surface area (Å²) in [6.45, 7) is 6.29. The minimum absolute atomic E-state index is 0. The van der Waals surface area contributed by atoms with Crippen LogP contribution in [-0.2, 0) is 4.79 Å². The Hall–Kier alpha value is -1.13. The van der Waals surface area contributed by atoms with Crippen molar-refractivity contribution in [3.8, 4) is 0 Å². The molecule has 23 heavy (non-hydrogen) atoms. The van der Waals surface area contributed by atoms with Gasteiger partial charge in [0.1, 0.15) is 5.82 Å². The minimum atomic E-state index is -0.246. The average molecular weight is 343 g/mol. The van der Waals surface area contributed by atoms with E-state index in [1.165, 1.54) is 12.1 Å². The van der Waals surface area contributed by atoms with Crippen LogP contribution in [0.2, 0.25) is 0 Å². The maximum absolute atomic E-state index is 13.0. The Kier molecular flexibility index (Phi) is 8.00. The van der Waals surface area contributed by atoms with Crippen molar-refractivity contribution in [1.29, 1.82) is 0 Å². The summed E-state index contributed by atoms with van der Waals surface area (Å²) in [6, 6.07) is 6.36. The van der Waals surface area contributed by atoms with Crippen LogP contribution in [0.5, 0.6) is 0 Å². The number of hydrogen-bond acceptors (Lipinski definition) is 2. The molecular weight excluding hydrogens is 315 g/mol. The highest BCUT2D eigenvalue weighted by Crippen LogP contribution is 2.26. The van der Waals surface area contributed by atoms with Gasteiger partial charge in [0.25, 0.3) is 0 Å². The number of carbonyl (C=O) groups is 1. The van der Waals surface area contributed by atoms with Crippen LogP contribution in [0, 0.1) is 17.7 Å². The Labute approximate surface area is 145 Å². The monoisotopic (exact) mass is 342 g/mol. The molecule has 1 aromatic carbocycles. The summed E-state index contributed by atoms with van der Waals surface area (Å²) in [4.78, 5) is 14.3. The molecule has 2 atom stereocenters. The predicted octanol–water partition coefficient (Wildman–Crippen LogP) is 3.79. The molecule has 2 unspecified atom stereocenters. The van der Waals surface area contributed by atoms with E-state index in [-0.39, 0.29) is 30.2 Å². The van der Waals surface area contributed by atoms with Crippen LogP contribution in [0.25, 0.3) is 0 Å². The molecule has 1 fully saturated rings. The van der Waals surface area contributed by atoms with Gasteiger partial charge in [0.15, 0.2) is 0 Å². The number of amides is 1. The largest absolute Gasteiger partial charge is 0.339 e. The van der Waals surface area contributed by atoms with Gasteiger partial charge in [0, 0.05) is 13.5 Å². The molecule has 0 spiro atoms. The van der Waals surface area contributed by atoms with Gasteiger partial charge in [0.05, 0.1) is 6.04 Å². The lowest BCUT2D eigenvalue weighted by Crippen LogP contribution is -2.35. The van der Waals surface area contributed by atoms with Crippen molar-refractivity contribution in [3.05, 3.63) is 35.6 Å². The molecule has 2 rings (SSSR count). The first-order valence-corrected chi connectivity index (χ1v) is 8.21. The van der Waals surface area contributed by atoms with E-state index in [1.807, 2.05) is 14.0 Å². The number of piperidine rings is 1. The molecule has 1 heterocycles. The molecule has 0 aromatic heterocycles. The van der Waals surface area contributed by atoms with Gasteiger partial charge in [-0.05, 0) is 62.4 Å². The fourth-order valence-electron chi connectivity index (χ4n) is 3.18. The van der Waals surface area contributed by atoms with Crippen molar-refractivity contribution < 1.29 is 9.18 Å². The Morgan fingerprint density at radius 1 is 1.26 bits per heavy atom. The van der Waals surface area contributed by atoms with Crippen molar-refractivity contribution >= 4 is 18.3 Å². The first-order chi connectivity index (χ1) is 10.5. The highest BCUT2D eigenvalue weighted by atomic mass is 35.5. The third-order valence-electron chi connectivity index (χ3n) is 5.01. The van der Waals surface area contributed by atoms with Gasteiger partial charge in [-0.3, -0.25) is 4.79 Å². The van der Waals surface area contributed by atoms with E-state index in [0.717, 1.165) is 31.5 Å². The second kappa shape index (κ2) is 9.24. The molecule has 0 saturated carbocycles. The van der Waals surface area contributed by atoms with E-state index < -0.39 is 0 Å². The van der Waals surface area contributed by atoms with E-state index in [0.29, 0.717) is 18.3 Å². The van der Waals surface area contributed by atoms with Crippen molar-refractivity contribution in [3.63, 3.8) is 0 Å². The lowest BCUT2D eigenvalue weighted by molar-refractivity contribution is -0.133. The van der Waals surface area contributed by atoms with Crippen molar-refractivity contribution in [2.45, 2.75) is 39.2 Å². The number of halogens is 2. The fraction of sp³-hybridized carbons (Fsp3) is 0.611. The molecule has 1 aliphatic rings. The normalized spacial score (nSPS) is 17.9. The van der Waals surface area contributed by atoms with E-state index >= 15 is 0 Å². The molecule has 3 nitrogen and oxygen atoms in total. The van der Waals surface area contributed by atoms with Crippen molar-refractivity contribution in [2.24, 2.45) is 11.8 Å². The quantitative estimate of drug-likeness (QED) is 0.882. The van der Waals surface area contributed by atoms with E-state index in [1.54, 1.807) is 17.0 Å². The number of nitrogens with zero attached hydrogens (tertiary/aromatic N) is 1. The van der Waals surface area contributed by atoms with Crippen molar-refractivity contribution in [1.82, 2.24) is 10.2 Å². The zero-order valence-electron chi connectivity index (χ0n) is 14.2. The van der Waals surface area contributed by atoms with Gasteiger partial charge in [0.2, 0.25) is 5.91 Å². The Bertz CT molecular complexity index is 488. The van der Waals surface area contributed by atoms with Crippen LogP contribution in [-0.4, -0.2) is 30.9 Å². The van der Waals surface area contributed by atoms with E-state index in [9.17, 15) is 9.18 Å². The molecule has 130 valence electrons. The summed E-state index contributed by atoms with van der Waals surface area (Å²) >= 11 is 0. The molecule has 1 N–H and O–H groups in total. The molecular formula is C18H28ClFN2O. The molecule has 0 aliphatic carbocycles. The molecule has 5 heteroatoms. The van der Waals surface area contributed by atoms with E-state index in [2.05, 4.69) is 12.2 Å². The van der Waals surface area contributed by atoms with Gasteiger partial charge in [-0.25, -0.2) is 4.39 Å². The molecule has 0 radical (unpaired) electrons. The highest BCUT2D eigenvalue weighted by molar-refractivity contribution is 5.85. The Morgan fingerprint density at radius 2 is 1.83 bits per heavy atom. The molecule has 1 amide bonds. The van der Waals surface area contributed by atoms with Gasteiger partial charge in [-0.2, -0.15) is 0 Å². The fourth-order valence-corrected chi connectivity index (χ4v) is 3.18. The number of rotatable bonds is 5. The third kappa shape index (κ3) is 5.47.